The standard InChI is InChI=1S/C11H20N6O/c1-2-4-8-10(14-6-3-5-9(12)18)15-7-16-11(8)17-13/h7H,2-6,13H2,1H3,(H2,12,18)(H2,14,15,16,17). The second kappa shape index (κ2) is 7.44. The number of hydrogen-bond donors (Lipinski definition) is 4. The average molecular weight is 252 g/mol. The first kappa shape index (κ1) is 14.2. The van der Waals surface area contributed by atoms with E-state index in [1.165, 1.54) is 6.33 Å². The van der Waals surface area contributed by atoms with Crippen molar-refractivity contribution in [2.45, 2.75) is 32.6 Å². The maximum atomic E-state index is 10.6. The molecule has 0 saturated carbocycles. The first-order chi connectivity index (χ1) is 8.69. The summed E-state index contributed by atoms with van der Waals surface area (Å²) < 4.78 is 0. The van der Waals surface area contributed by atoms with Crippen molar-refractivity contribution in [2.24, 2.45) is 11.6 Å². The summed E-state index contributed by atoms with van der Waals surface area (Å²) in [6, 6.07) is 0. The highest BCUT2D eigenvalue weighted by molar-refractivity contribution is 5.73. The normalized spacial score (nSPS) is 10.1. The zero-order valence-electron chi connectivity index (χ0n) is 10.6. The number of aromatic nitrogens is 2. The number of amides is 1. The molecule has 0 aliphatic heterocycles. The van der Waals surface area contributed by atoms with E-state index in [9.17, 15) is 4.79 Å². The quantitative estimate of drug-likeness (QED) is 0.302. The van der Waals surface area contributed by atoms with Crippen molar-refractivity contribution in [3.63, 3.8) is 0 Å². The summed E-state index contributed by atoms with van der Waals surface area (Å²) in [5.41, 5.74) is 8.60. The zero-order chi connectivity index (χ0) is 13.4. The number of carbonyl (C=O) groups is 1. The van der Waals surface area contributed by atoms with Crippen molar-refractivity contribution in [3.8, 4) is 0 Å². The van der Waals surface area contributed by atoms with E-state index in [0.29, 0.717) is 25.2 Å². The van der Waals surface area contributed by atoms with Gasteiger partial charge in [-0.25, -0.2) is 15.8 Å². The van der Waals surface area contributed by atoms with E-state index in [2.05, 4.69) is 27.6 Å². The molecule has 0 fully saturated rings. The van der Waals surface area contributed by atoms with Crippen LogP contribution in [0.3, 0.4) is 0 Å². The first-order valence-corrected chi connectivity index (χ1v) is 6.01. The molecule has 0 aromatic carbocycles. The minimum atomic E-state index is -0.294. The van der Waals surface area contributed by atoms with E-state index in [4.69, 9.17) is 11.6 Å². The molecule has 1 aromatic heterocycles. The molecule has 0 unspecified atom stereocenters. The molecule has 7 heteroatoms. The number of rotatable bonds is 8. The summed E-state index contributed by atoms with van der Waals surface area (Å²) in [5.74, 6) is 6.50. The second-order valence-corrected chi connectivity index (χ2v) is 3.94. The van der Waals surface area contributed by atoms with Crippen LogP contribution in [-0.4, -0.2) is 22.4 Å². The third-order valence-corrected chi connectivity index (χ3v) is 2.47. The van der Waals surface area contributed by atoms with Crippen molar-refractivity contribution in [1.82, 2.24) is 9.97 Å². The molecule has 1 heterocycles. The number of hydrogen-bond acceptors (Lipinski definition) is 6. The van der Waals surface area contributed by atoms with Gasteiger partial charge in [0.25, 0.3) is 0 Å². The van der Waals surface area contributed by atoms with Crippen LogP contribution >= 0.6 is 0 Å². The lowest BCUT2D eigenvalue weighted by Crippen LogP contribution is -2.16. The molecule has 100 valence electrons. The van der Waals surface area contributed by atoms with E-state index >= 15 is 0 Å². The molecule has 0 atom stereocenters. The number of nitrogen functional groups attached to an aromatic ring is 1. The van der Waals surface area contributed by atoms with E-state index in [1.54, 1.807) is 0 Å². The molecule has 0 saturated heterocycles. The van der Waals surface area contributed by atoms with Crippen molar-refractivity contribution in [2.75, 3.05) is 17.3 Å². The van der Waals surface area contributed by atoms with Crippen LogP contribution in [0.1, 0.15) is 31.7 Å². The van der Waals surface area contributed by atoms with Gasteiger partial charge in [0, 0.05) is 18.5 Å². The van der Waals surface area contributed by atoms with Crippen LogP contribution < -0.4 is 22.3 Å². The third-order valence-electron chi connectivity index (χ3n) is 2.47. The van der Waals surface area contributed by atoms with E-state index in [1.807, 2.05) is 0 Å². The SMILES string of the molecule is CCCc1c(NN)ncnc1NCCCC(N)=O. The van der Waals surface area contributed by atoms with Gasteiger partial charge in [-0.2, -0.15) is 0 Å². The summed E-state index contributed by atoms with van der Waals surface area (Å²) in [7, 11) is 0. The number of hydrazine groups is 1. The molecule has 0 bridgehead atoms. The van der Waals surface area contributed by atoms with Crippen molar-refractivity contribution in [1.29, 1.82) is 0 Å². The summed E-state index contributed by atoms with van der Waals surface area (Å²) >= 11 is 0. The molecule has 0 aliphatic rings. The van der Waals surface area contributed by atoms with Gasteiger partial charge in [0.05, 0.1) is 0 Å². The van der Waals surface area contributed by atoms with Gasteiger partial charge in [-0.15, -0.1) is 0 Å². The molecule has 1 aromatic rings. The van der Waals surface area contributed by atoms with Crippen LogP contribution in [0.15, 0.2) is 6.33 Å². The van der Waals surface area contributed by atoms with Crippen molar-refractivity contribution >= 4 is 17.5 Å². The Bertz CT molecular complexity index is 395. The van der Waals surface area contributed by atoms with Gasteiger partial charge >= 0.3 is 0 Å². The number of nitrogens with two attached hydrogens (primary N) is 2. The Morgan fingerprint density at radius 1 is 1.39 bits per heavy atom. The highest BCUT2D eigenvalue weighted by Gasteiger charge is 2.09. The van der Waals surface area contributed by atoms with Gasteiger partial charge in [-0.1, -0.05) is 13.3 Å². The lowest BCUT2D eigenvalue weighted by molar-refractivity contribution is -0.118. The van der Waals surface area contributed by atoms with Crippen molar-refractivity contribution < 1.29 is 4.79 Å². The highest BCUT2D eigenvalue weighted by Crippen LogP contribution is 2.20. The predicted octanol–water partition coefficient (Wildman–Crippen LogP) is 0.392. The third kappa shape index (κ3) is 4.17. The van der Waals surface area contributed by atoms with Gasteiger partial charge in [0.1, 0.15) is 18.0 Å². The Kier molecular flexibility index (Phi) is 5.86. The summed E-state index contributed by atoms with van der Waals surface area (Å²) in [5, 5.41) is 3.17. The van der Waals surface area contributed by atoms with Crippen LogP contribution in [-0.2, 0) is 11.2 Å². The molecular weight excluding hydrogens is 232 g/mol. The maximum Gasteiger partial charge on any atom is 0.217 e. The van der Waals surface area contributed by atoms with Gasteiger partial charge < -0.3 is 16.5 Å². The molecule has 0 radical (unpaired) electrons. The number of primary amides is 1. The topological polar surface area (TPSA) is 119 Å². The molecule has 0 spiro atoms. The molecule has 0 aliphatic carbocycles. The molecule has 18 heavy (non-hydrogen) atoms. The average Bonchev–Trinajstić information content (AvgIpc) is 2.36. The predicted molar refractivity (Wildman–Crippen MR) is 70.8 cm³/mol. The second-order valence-electron chi connectivity index (χ2n) is 3.94. The fraction of sp³-hybridized carbons (Fsp3) is 0.545. The summed E-state index contributed by atoms with van der Waals surface area (Å²) in [6.45, 7) is 2.71. The first-order valence-electron chi connectivity index (χ1n) is 6.01. The van der Waals surface area contributed by atoms with Crippen LogP contribution in [0.4, 0.5) is 11.6 Å². The Hall–Kier alpha value is -1.89. The Labute approximate surface area is 106 Å². The van der Waals surface area contributed by atoms with Crippen LogP contribution in [0, 0.1) is 0 Å². The number of nitrogens with one attached hydrogen (secondary N) is 2. The zero-order valence-corrected chi connectivity index (χ0v) is 10.6. The van der Waals surface area contributed by atoms with Crippen LogP contribution in [0.2, 0.25) is 0 Å². The lowest BCUT2D eigenvalue weighted by Gasteiger charge is -2.13. The fourth-order valence-corrected chi connectivity index (χ4v) is 1.65. The van der Waals surface area contributed by atoms with Gasteiger partial charge in [-0.3, -0.25) is 4.79 Å². The summed E-state index contributed by atoms with van der Waals surface area (Å²) in [4.78, 5) is 18.9. The number of carbonyl (C=O) groups excluding carboxylic acids is 1. The van der Waals surface area contributed by atoms with E-state index < -0.39 is 0 Å². The molecular formula is C11H20N6O. The minimum Gasteiger partial charge on any atom is -0.370 e. The molecule has 1 rings (SSSR count). The van der Waals surface area contributed by atoms with Gasteiger partial charge in [0.15, 0.2) is 0 Å². The number of anilines is 2. The fourth-order valence-electron chi connectivity index (χ4n) is 1.65. The summed E-state index contributed by atoms with van der Waals surface area (Å²) in [6.07, 6.45) is 4.29. The molecule has 6 N–H and O–H groups in total. The van der Waals surface area contributed by atoms with Crippen molar-refractivity contribution in [3.05, 3.63) is 11.9 Å². The molecule has 1 amide bonds. The lowest BCUT2D eigenvalue weighted by atomic mass is 10.1. The monoisotopic (exact) mass is 252 g/mol. The molecule has 7 nitrogen and oxygen atoms in total. The van der Waals surface area contributed by atoms with E-state index in [0.717, 1.165) is 24.2 Å². The Morgan fingerprint density at radius 2 is 2.11 bits per heavy atom. The van der Waals surface area contributed by atoms with Gasteiger partial charge in [-0.05, 0) is 12.8 Å². The number of nitrogens with zero attached hydrogens (tertiary/aromatic N) is 2. The van der Waals surface area contributed by atoms with Crippen LogP contribution in [0.5, 0.6) is 0 Å². The van der Waals surface area contributed by atoms with Gasteiger partial charge in [0.2, 0.25) is 5.91 Å². The Balaban J connectivity index is 2.65. The highest BCUT2D eigenvalue weighted by atomic mass is 16.1. The maximum absolute atomic E-state index is 10.6. The largest absolute Gasteiger partial charge is 0.370 e. The van der Waals surface area contributed by atoms with Crippen LogP contribution in [0.25, 0.3) is 0 Å². The smallest absolute Gasteiger partial charge is 0.217 e. The van der Waals surface area contributed by atoms with E-state index in [-0.39, 0.29) is 5.91 Å². The Morgan fingerprint density at radius 3 is 2.72 bits per heavy atom. The minimum absolute atomic E-state index is 0.294.